The number of hydrogen-bond donors (Lipinski definition) is 0. The largest absolute Gasteiger partial charge is 0.0776 e. The summed E-state index contributed by atoms with van der Waals surface area (Å²) in [4.78, 5) is 0. The minimum absolute atomic E-state index is 0.693. The van der Waals surface area contributed by atoms with Crippen molar-refractivity contribution in [2.45, 2.75) is 19.3 Å². The highest BCUT2D eigenvalue weighted by molar-refractivity contribution is 5.18. The molecule has 0 heteroatoms. The first kappa shape index (κ1) is 9.26. The van der Waals surface area contributed by atoms with E-state index in [4.69, 9.17) is 0 Å². The maximum absolute atomic E-state index is 2.28. The predicted octanol–water partition coefficient (Wildman–Crippen LogP) is 3.75. The summed E-state index contributed by atoms with van der Waals surface area (Å²) in [5, 5.41) is 0. The smallest absolute Gasteiger partial charge is 0.00472 e. The summed E-state index contributed by atoms with van der Waals surface area (Å²) >= 11 is 0. The van der Waals surface area contributed by atoms with Crippen molar-refractivity contribution in [2.75, 3.05) is 0 Å². The van der Waals surface area contributed by atoms with Gasteiger partial charge in [-0.25, -0.2) is 0 Å². The molecule has 0 saturated heterocycles. The number of benzene rings is 1. The van der Waals surface area contributed by atoms with Gasteiger partial charge in [0.25, 0.3) is 0 Å². The third kappa shape index (κ3) is 2.59. The van der Waals surface area contributed by atoms with E-state index in [-0.39, 0.29) is 0 Å². The summed E-state index contributed by atoms with van der Waals surface area (Å²) < 4.78 is 0. The van der Waals surface area contributed by atoms with Crippen LogP contribution in [0.5, 0.6) is 0 Å². The molecule has 1 aromatic carbocycles. The molecule has 72 valence electrons. The van der Waals surface area contributed by atoms with Crippen molar-refractivity contribution in [2.24, 2.45) is 5.92 Å². The van der Waals surface area contributed by atoms with Gasteiger partial charge in [-0.2, -0.15) is 0 Å². The topological polar surface area (TPSA) is 0 Å². The van der Waals surface area contributed by atoms with Crippen LogP contribution in [0.3, 0.4) is 0 Å². The Hall–Kier alpha value is -1.30. The fourth-order valence-electron chi connectivity index (χ4n) is 1.86. The van der Waals surface area contributed by atoms with Crippen LogP contribution >= 0.6 is 0 Å². The van der Waals surface area contributed by atoms with Gasteiger partial charge in [0.15, 0.2) is 0 Å². The number of hydrogen-bond acceptors (Lipinski definition) is 0. The molecule has 0 N–H and O–H groups in total. The van der Waals surface area contributed by atoms with Crippen LogP contribution in [-0.2, 0) is 6.42 Å². The van der Waals surface area contributed by atoms with Gasteiger partial charge in [-0.1, -0.05) is 54.6 Å². The molecule has 14 heavy (non-hydrogen) atoms. The lowest BCUT2D eigenvalue weighted by atomic mass is 10.0. The Morgan fingerprint density at radius 2 is 1.64 bits per heavy atom. The van der Waals surface area contributed by atoms with Crippen molar-refractivity contribution in [3.05, 3.63) is 60.2 Å². The Morgan fingerprint density at radius 1 is 0.929 bits per heavy atom. The summed E-state index contributed by atoms with van der Waals surface area (Å²) in [6, 6.07) is 10.7. The highest BCUT2D eigenvalue weighted by atomic mass is 14.1. The molecule has 0 aromatic heterocycles. The zero-order chi connectivity index (χ0) is 9.64. The Morgan fingerprint density at radius 3 is 2.36 bits per heavy atom. The molecule has 1 aliphatic rings. The second-order valence-corrected chi connectivity index (χ2v) is 3.81. The van der Waals surface area contributed by atoms with Crippen LogP contribution in [0.25, 0.3) is 0 Å². The Bertz CT molecular complexity index is 307. The van der Waals surface area contributed by atoms with Crippen molar-refractivity contribution in [3.8, 4) is 0 Å². The molecule has 1 aliphatic carbocycles. The lowest BCUT2D eigenvalue weighted by Gasteiger charge is -2.04. The third-order valence-corrected chi connectivity index (χ3v) is 2.67. The number of allylic oxidation sites excluding steroid dienone is 4. The van der Waals surface area contributed by atoms with Gasteiger partial charge in [-0.3, -0.25) is 0 Å². The lowest BCUT2D eigenvalue weighted by Crippen LogP contribution is -1.91. The van der Waals surface area contributed by atoms with Crippen LogP contribution in [0.2, 0.25) is 0 Å². The normalized spacial score (nSPS) is 15.1. The van der Waals surface area contributed by atoms with E-state index < -0.39 is 0 Å². The van der Waals surface area contributed by atoms with Crippen LogP contribution in [0.1, 0.15) is 18.4 Å². The maximum atomic E-state index is 2.28. The van der Waals surface area contributed by atoms with E-state index >= 15 is 0 Å². The standard InChI is InChI=1S/C14H16/c1-2-7-13(8-3-1)11-6-12-14-9-4-5-10-14/h1-5,7-10,14H,6,11-12H2. The van der Waals surface area contributed by atoms with Gasteiger partial charge < -0.3 is 0 Å². The molecule has 0 fully saturated rings. The molecule has 0 heterocycles. The molecule has 0 aliphatic heterocycles. The molecule has 1 aromatic rings. The van der Waals surface area contributed by atoms with E-state index in [9.17, 15) is 0 Å². The van der Waals surface area contributed by atoms with Gasteiger partial charge >= 0.3 is 0 Å². The quantitative estimate of drug-likeness (QED) is 0.668. The Kier molecular flexibility index (Phi) is 3.18. The van der Waals surface area contributed by atoms with Gasteiger partial charge in [0.05, 0.1) is 0 Å². The Labute approximate surface area is 86.0 Å². The zero-order valence-electron chi connectivity index (χ0n) is 8.39. The third-order valence-electron chi connectivity index (χ3n) is 2.67. The Balaban J connectivity index is 1.73. The van der Waals surface area contributed by atoms with Crippen molar-refractivity contribution >= 4 is 0 Å². The highest BCUT2D eigenvalue weighted by Gasteiger charge is 2.02. The number of rotatable bonds is 4. The summed E-state index contributed by atoms with van der Waals surface area (Å²) in [6.45, 7) is 0. The molecule has 0 atom stereocenters. The maximum Gasteiger partial charge on any atom is -0.00472 e. The van der Waals surface area contributed by atoms with Crippen LogP contribution in [0, 0.1) is 5.92 Å². The molecule has 0 radical (unpaired) electrons. The van der Waals surface area contributed by atoms with E-state index in [2.05, 4.69) is 54.6 Å². The second kappa shape index (κ2) is 4.80. The zero-order valence-corrected chi connectivity index (χ0v) is 8.39. The molecule has 0 unspecified atom stereocenters. The van der Waals surface area contributed by atoms with E-state index in [0.717, 1.165) is 0 Å². The molecular formula is C14H16. The summed E-state index contributed by atoms with van der Waals surface area (Å²) in [5.74, 6) is 0.693. The van der Waals surface area contributed by atoms with Crippen LogP contribution < -0.4 is 0 Å². The minimum Gasteiger partial charge on any atom is -0.0776 e. The first-order valence-corrected chi connectivity index (χ1v) is 5.34. The first-order chi connectivity index (χ1) is 6.95. The fourth-order valence-corrected chi connectivity index (χ4v) is 1.86. The van der Waals surface area contributed by atoms with Crippen LogP contribution in [0.15, 0.2) is 54.6 Å². The SMILES string of the molecule is C1=CC(CCCc2ccccc2)C=C1. The molecule has 0 saturated carbocycles. The average Bonchev–Trinajstić information content (AvgIpc) is 2.72. The molecule has 0 spiro atoms. The van der Waals surface area contributed by atoms with Crippen LogP contribution in [0.4, 0.5) is 0 Å². The lowest BCUT2D eigenvalue weighted by molar-refractivity contribution is 0.658. The minimum atomic E-state index is 0.693. The number of aryl methyl sites for hydroxylation is 1. The summed E-state index contributed by atoms with van der Waals surface area (Å²) in [6.07, 6.45) is 12.6. The molecule has 0 amide bonds. The van der Waals surface area contributed by atoms with Gasteiger partial charge in [0, 0.05) is 0 Å². The van der Waals surface area contributed by atoms with E-state index in [1.165, 1.54) is 24.8 Å². The van der Waals surface area contributed by atoms with Gasteiger partial charge in [-0.15, -0.1) is 0 Å². The van der Waals surface area contributed by atoms with Crippen molar-refractivity contribution < 1.29 is 0 Å². The molecule has 2 rings (SSSR count). The van der Waals surface area contributed by atoms with E-state index in [0.29, 0.717) is 5.92 Å². The van der Waals surface area contributed by atoms with Crippen molar-refractivity contribution in [1.82, 2.24) is 0 Å². The predicted molar refractivity (Wildman–Crippen MR) is 61.2 cm³/mol. The molecule has 0 nitrogen and oxygen atoms in total. The summed E-state index contributed by atoms with van der Waals surface area (Å²) in [7, 11) is 0. The van der Waals surface area contributed by atoms with Crippen molar-refractivity contribution in [1.29, 1.82) is 0 Å². The molecular weight excluding hydrogens is 168 g/mol. The fraction of sp³-hybridized carbons (Fsp3) is 0.286. The monoisotopic (exact) mass is 184 g/mol. The average molecular weight is 184 g/mol. The first-order valence-electron chi connectivity index (χ1n) is 5.34. The highest BCUT2D eigenvalue weighted by Crippen LogP contribution is 2.16. The summed E-state index contributed by atoms with van der Waals surface area (Å²) in [5.41, 5.74) is 1.46. The van der Waals surface area contributed by atoms with Gasteiger partial charge in [0.2, 0.25) is 0 Å². The van der Waals surface area contributed by atoms with Gasteiger partial charge in [0.1, 0.15) is 0 Å². The van der Waals surface area contributed by atoms with E-state index in [1.807, 2.05) is 0 Å². The second-order valence-electron chi connectivity index (χ2n) is 3.81. The van der Waals surface area contributed by atoms with Gasteiger partial charge in [-0.05, 0) is 30.7 Å². The van der Waals surface area contributed by atoms with E-state index in [1.54, 1.807) is 0 Å². The molecule has 0 bridgehead atoms. The van der Waals surface area contributed by atoms with Crippen molar-refractivity contribution in [3.63, 3.8) is 0 Å². The van der Waals surface area contributed by atoms with Crippen LogP contribution in [-0.4, -0.2) is 0 Å².